The van der Waals surface area contributed by atoms with E-state index in [9.17, 15) is 4.79 Å². The summed E-state index contributed by atoms with van der Waals surface area (Å²) < 4.78 is 131. The number of ether oxygens (including phenoxy) is 22. The van der Waals surface area contributed by atoms with E-state index in [1.807, 2.05) is 194 Å². The van der Waals surface area contributed by atoms with Gasteiger partial charge >= 0.3 is 0 Å². The fourth-order valence-corrected chi connectivity index (χ4v) is 8.94. The fraction of sp³-hybridized carbons (Fsp3) is 0.831. The predicted molar refractivity (Wildman–Crippen MR) is 388 cm³/mol. The molecule has 0 fully saturated rings. The maximum absolute atomic E-state index is 11.0. The molecule has 0 N–H and O–H groups in total. The summed E-state index contributed by atoms with van der Waals surface area (Å²) in [6.07, 6.45) is -1.39. The lowest BCUT2D eigenvalue weighted by Crippen LogP contribution is -2.31. The normalized spacial score (nSPS) is 18.6. The monoisotopic (exact) mass is 1430 g/mol. The molecule has 21 unspecified atom stereocenters. The van der Waals surface area contributed by atoms with Gasteiger partial charge in [-0.3, -0.25) is 4.79 Å². The van der Waals surface area contributed by atoms with Crippen LogP contribution < -0.4 is 4.74 Å². The standard InChI is InChI=1S/C77H138O23/c1-53(32-79-22)80-33-54(2)81-34-55(3)82-35-56(4)83-36-57(5)84-37-58(6)85-38-59(7)86-39-60(8)87-40-61(9)88-41-62(10)89-42-63(11)90-43-64(12)91-44-65(13)92-45-66(14)93-46-67(15)94-47-68(16)95-48-69(17)96-49-70(18)97-50-71(19)98-51-72(20)99-52-73(21)100-77-29-27-76(28-30-77)75-25-23-74(31-78)24-26-75/h23-31,53-73H,32-52H2,1-22H3. The molecule has 0 saturated carbocycles. The molecular formula is C77H138O23. The number of benzene rings is 2. The van der Waals surface area contributed by atoms with Gasteiger partial charge in [-0.05, 0) is 169 Å². The highest BCUT2D eigenvalue weighted by Gasteiger charge is 2.21. The summed E-state index contributed by atoms with van der Waals surface area (Å²) in [5.74, 6) is 0.761. The van der Waals surface area contributed by atoms with E-state index in [2.05, 4.69) is 0 Å². The van der Waals surface area contributed by atoms with Crippen LogP contribution in [0, 0.1) is 0 Å². The van der Waals surface area contributed by atoms with Crippen molar-refractivity contribution in [1.29, 1.82) is 0 Å². The lowest BCUT2D eigenvalue weighted by Gasteiger charge is -2.24. The van der Waals surface area contributed by atoms with E-state index in [0.29, 0.717) is 144 Å². The van der Waals surface area contributed by atoms with E-state index in [1.54, 1.807) is 7.11 Å². The van der Waals surface area contributed by atoms with E-state index >= 15 is 0 Å². The molecule has 0 aromatic heterocycles. The van der Waals surface area contributed by atoms with E-state index in [-0.39, 0.29) is 128 Å². The topological polar surface area (TPSA) is 220 Å². The zero-order valence-electron chi connectivity index (χ0n) is 65.6. The molecule has 0 spiro atoms. The lowest BCUT2D eigenvalue weighted by atomic mass is 10.0. The molecule has 23 heteroatoms. The first-order valence-electron chi connectivity index (χ1n) is 36.7. The van der Waals surface area contributed by atoms with Gasteiger partial charge in [-0.1, -0.05) is 36.4 Å². The van der Waals surface area contributed by atoms with E-state index in [1.165, 1.54) is 0 Å². The Hall–Kier alpha value is -2.93. The molecule has 0 radical (unpaired) electrons. The molecule has 2 aromatic carbocycles. The van der Waals surface area contributed by atoms with Gasteiger partial charge in [0.25, 0.3) is 0 Å². The molecule has 0 aliphatic rings. The van der Waals surface area contributed by atoms with Crippen molar-refractivity contribution in [2.24, 2.45) is 0 Å². The number of methoxy groups -OCH3 is 1. The number of carbonyl (C=O) groups is 1. The van der Waals surface area contributed by atoms with Gasteiger partial charge in [0.2, 0.25) is 0 Å². The Morgan fingerprint density at radius 1 is 0.210 bits per heavy atom. The van der Waals surface area contributed by atoms with Crippen LogP contribution in [0.1, 0.15) is 156 Å². The van der Waals surface area contributed by atoms with Crippen LogP contribution in [0.3, 0.4) is 0 Å². The van der Waals surface area contributed by atoms with Crippen LogP contribution >= 0.6 is 0 Å². The minimum absolute atomic E-state index is 0.0273. The lowest BCUT2D eigenvalue weighted by molar-refractivity contribution is -0.117. The first-order chi connectivity index (χ1) is 47.6. The third-order valence-corrected chi connectivity index (χ3v) is 15.3. The molecule has 0 bridgehead atoms. The van der Waals surface area contributed by atoms with Gasteiger partial charge in [0.15, 0.2) is 0 Å². The van der Waals surface area contributed by atoms with Crippen molar-refractivity contribution in [3.05, 3.63) is 54.1 Å². The molecule has 0 amide bonds. The Morgan fingerprint density at radius 2 is 0.350 bits per heavy atom. The third kappa shape index (κ3) is 49.7. The molecule has 0 saturated heterocycles. The van der Waals surface area contributed by atoms with Crippen molar-refractivity contribution >= 4 is 6.29 Å². The summed E-state index contributed by atoms with van der Waals surface area (Å²) in [7, 11) is 1.66. The quantitative estimate of drug-likeness (QED) is 0.0562. The molecule has 2 rings (SSSR count). The van der Waals surface area contributed by atoms with Crippen molar-refractivity contribution in [2.45, 2.75) is 274 Å². The zero-order valence-corrected chi connectivity index (χ0v) is 65.6. The average molecular weight is 1430 g/mol. The largest absolute Gasteiger partial charge is 0.488 e. The molecule has 2 aromatic rings. The Morgan fingerprint density at radius 3 is 0.500 bits per heavy atom. The molecule has 0 heterocycles. The van der Waals surface area contributed by atoms with Crippen molar-refractivity contribution in [2.75, 3.05) is 146 Å². The number of carbonyl (C=O) groups excluding carboxylic acids is 1. The molecule has 584 valence electrons. The van der Waals surface area contributed by atoms with E-state index < -0.39 is 0 Å². The zero-order chi connectivity index (χ0) is 74.2. The van der Waals surface area contributed by atoms with Crippen LogP contribution in [0.25, 0.3) is 11.1 Å². The summed E-state index contributed by atoms with van der Waals surface area (Å²) in [5.41, 5.74) is 2.74. The molecule has 21 atom stereocenters. The maximum Gasteiger partial charge on any atom is 0.150 e. The maximum atomic E-state index is 11.0. The van der Waals surface area contributed by atoms with Crippen LogP contribution in [0.2, 0.25) is 0 Å². The summed E-state index contributed by atoms with van der Waals surface area (Å²) in [6, 6.07) is 15.4. The number of hydrogen-bond donors (Lipinski definition) is 0. The number of aldehydes is 1. The Bertz CT molecular complexity index is 2220. The Kier molecular flexibility index (Phi) is 52.5. The SMILES string of the molecule is COCC(C)OCC(C)OCC(C)OCC(C)OCC(C)OCC(C)OCC(C)OCC(C)OCC(C)OCC(C)OCC(C)OCC(C)OCC(C)OCC(C)OCC(C)OCC(C)OCC(C)OCC(C)OCC(C)OCC(C)OCC(C)Oc1ccc(-c2ccc(C=O)cc2)cc1. The molecule has 0 aliphatic heterocycles. The van der Waals surface area contributed by atoms with E-state index in [4.69, 9.17) is 104 Å². The second kappa shape index (κ2) is 56.4. The van der Waals surface area contributed by atoms with Crippen LogP contribution in [0.15, 0.2) is 48.5 Å². The highest BCUT2D eigenvalue weighted by Crippen LogP contribution is 2.24. The Labute approximate surface area is 603 Å². The minimum atomic E-state index is -0.148. The van der Waals surface area contributed by atoms with Crippen LogP contribution in [-0.4, -0.2) is 280 Å². The second-order valence-electron chi connectivity index (χ2n) is 27.5. The van der Waals surface area contributed by atoms with Crippen molar-refractivity contribution in [3.8, 4) is 16.9 Å². The van der Waals surface area contributed by atoms with Gasteiger partial charge in [0, 0.05) is 12.7 Å². The van der Waals surface area contributed by atoms with Gasteiger partial charge in [-0.25, -0.2) is 0 Å². The summed E-state index contributed by atoms with van der Waals surface area (Å²) in [6.45, 7) is 51.0. The predicted octanol–water partition coefficient (Wildman–Crippen LogP) is 11.7. The Balaban J connectivity index is 1.42. The fourth-order valence-electron chi connectivity index (χ4n) is 8.94. The average Bonchev–Trinajstić information content (AvgIpc) is 0.859. The van der Waals surface area contributed by atoms with Crippen molar-refractivity contribution < 1.29 is 109 Å². The summed E-state index contributed by atoms with van der Waals surface area (Å²) in [5, 5.41) is 0. The van der Waals surface area contributed by atoms with Gasteiger partial charge in [-0.15, -0.1) is 0 Å². The smallest absolute Gasteiger partial charge is 0.150 e. The molecule has 100 heavy (non-hydrogen) atoms. The van der Waals surface area contributed by atoms with Crippen molar-refractivity contribution in [3.63, 3.8) is 0 Å². The molecular weight excluding hydrogens is 1290 g/mol. The molecule has 0 aliphatic carbocycles. The van der Waals surface area contributed by atoms with Gasteiger partial charge in [0.05, 0.1) is 261 Å². The highest BCUT2D eigenvalue weighted by atomic mass is 16.6. The summed E-state index contributed by atoms with van der Waals surface area (Å²) >= 11 is 0. The van der Waals surface area contributed by atoms with Gasteiger partial charge < -0.3 is 104 Å². The number of hydrogen-bond acceptors (Lipinski definition) is 23. The highest BCUT2D eigenvalue weighted by molar-refractivity contribution is 5.77. The van der Waals surface area contributed by atoms with E-state index in [0.717, 1.165) is 23.2 Å². The minimum Gasteiger partial charge on any atom is -0.488 e. The number of rotatable bonds is 66. The first kappa shape index (κ1) is 93.2. The van der Waals surface area contributed by atoms with Gasteiger partial charge in [0.1, 0.15) is 18.1 Å². The first-order valence-corrected chi connectivity index (χ1v) is 36.7. The molecule has 23 nitrogen and oxygen atoms in total. The second-order valence-corrected chi connectivity index (χ2v) is 27.5. The summed E-state index contributed by atoms with van der Waals surface area (Å²) in [4.78, 5) is 11.0. The third-order valence-electron chi connectivity index (χ3n) is 15.3. The van der Waals surface area contributed by atoms with Crippen LogP contribution in [0.4, 0.5) is 0 Å². The van der Waals surface area contributed by atoms with Crippen LogP contribution in [0.5, 0.6) is 5.75 Å². The van der Waals surface area contributed by atoms with Crippen LogP contribution in [-0.2, 0) is 99.5 Å². The van der Waals surface area contributed by atoms with Gasteiger partial charge in [-0.2, -0.15) is 0 Å². The van der Waals surface area contributed by atoms with Crippen molar-refractivity contribution in [1.82, 2.24) is 0 Å².